The molecule has 1 aromatic carbocycles. The molecule has 0 heterocycles. The first kappa shape index (κ1) is 52.1. The van der Waals surface area contributed by atoms with Gasteiger partial charge in [-0.3, -0.25) is 9.59 Å². The summed E-state index contributed by atoms with van der Waals surface area (Å²) in [4.78, 5) is 24.5. The minimum atomic E-state index is -8.00. The fourth-order valence-corrected chi connectivity index (χ4v) is 10.6. The SMILES string of the molecule is C=N.CCC(C)(C)C(=O)OC1(CC)C2CC3CC(C2)CC1C3.CCC(C)C(=O)Cc1ccc(OS(=O)(=O)C(F)(F)C(F)(F)C(F)(F)S(=O)(=O)[N-]S(=O)(=O)C(F)(F)F)cc1. The fraction of sp³-hybridized carbons (Fsp3) is 0.743. The topological polar surface area (TPSA) is 193 Å². The van der Waals surface area contributed by atoms with Crippen LogP contribution < -0.4 is 4.18 Å². The zero-order valence-corrected chi connectivity index (χ0v) is 35.4. The monoisotopic (exact) mass is 923 g/mol. The predicted octanol–water partition coefficient (Wildman–Crippen LogP) is 8.76. The van der Waals surface area contributed by atoms with Crippen molar-refractivity contribution in [1.82, 2.24) is 0 Å². The maximum atomic E-state index is 14.1. The molecule has 1 atom stereocenters. The van der Waals surface area contributed by atoms with Crippen molar-refractivity contribution in [1.29, 1.82) is 5.41 Å². The number of nitrogens with one attached hydrogen (secondary N) is 1. The molecule has 0 aliphatic heterocycles. The van der Waals surface area contributed by atoms with Crippen LogP contribution in [0.1, 0.15) is 98.5 Å². The summed E-state index contributed by atoms with van der Waals surface area (Å²) in [7, 11) is -22.7. The van der Waals surface area contributed by atoms with Crippen LogP contribution in [0.4, 0.5) is 39.5 Å². The molecule has 4 bridgehead atoms. The van der Waals surface area contributed by atoms with Crippen LogP contribution in [0.3, 0.4) is 0 Å². The van der Waals surface area contributed by atoms with Crippen molar-refractivity contribution in [2.24, 2.45) is 35.0 Å². The minimum absolute atomic E-state index is 0.0364. The summed E-state index contributed by atoms with van der Waals surface area (Å²) in [6.07, 6.45) is 8.76. The maximum Gasteiger partial charge on any atom is 0.480 e. The molecule has 4 fully saturated rings. The number of nitrogens with zero attached hydrogens (tertiary/aromatic N) is 1. The van der Waals surface area contributed by atoms with Crippen molar-refractivity contribution < 1.29 is 83.3 Å². The van der Waals surface area contributed by atoms with Gasteiger partial charge in [0, 0.05) is 12.3 Å². The maximum absolute atomic E-state index is 14.1. The summed E-state index contributed by atoms with van der Waals surface area (Å²) in [5.74, 6) is -6.35. The minimum Gasteiger partial charge on any atom is -0.458 e. The van der Waals surface area contributed by atoms with Gasteiger partial charge in [0.15, 0.2) is 20.0 Å². The van der Waals surface area contributed by atoms with E-state index in [1.165, 1.54) is 32.1 Å². The van der Waals surface area contributed by atoms with Crippen LogP contribution in [-0.2, 0) is 50.9 Å². The van der Waals surface area contributed by atoms with E-state index in [-0.39, 0.29) is 34.8 Å². The van der Waals surface area contributed by atoms with Crippen LogP contribution in [0.5, 0.6) is 5.75 Å². The standard InChI is InChI=1S/C18H30O2.C16H15F9NO8S3.CH3N/c1-5-17(3,4)16(19)20-18(6-2)14-8-12-7-13(10-14)11-15(18)9-12;1-3-9(2)12(27)8-10-4-6-11(7-5-10)34-37(32,33)15(21,22)13(17,18)14(19,20)35(28,29)26-36(30,31)16(23,24)25;1-2/h12-15H,5-11H2,1-4H3;4-7,9H,3,8H2,1-2H3;2H,1H2/q;-1;. The fourth-order valence-electron chi connectivity index (χ4n) is 7.40. The Hall–Kier alpha value is -2.99. The summed E-state index contributed by atoms with van der Waals surface area (Å²) in [6, 6.07) is 2.93. The lowest BCUT2D eigenvalue weighted by Crippen LogP contribution is -2.61. The second-order valence-electron chi connectivity index (χ2n) is 15.5. The van der Waals surface area contributed by atoms with Gasteiger partial charge in [0.05, 0.1) is 5.41 Å². The Morgan fingerprint density at radius 1 is 0.797 bits per heavy atom. The van der Waals surface area contributed by atoms with Gasteiger partial charge in [-0.1, -0.05) is 39.8 Å². The van der Waals surface area contributed by atoms with Crippen molar-refractivity contribution in [2.45, 2.75) is 127 Å². The van der Waals surface area contributed by atoms with E-state index in [1.54, 1.807) is 13.8 Å². The molecule has 4 aliphatic rings. The van der Waals surface area contributed by atoms with Crippen molar-refractivity contribution in [3.63, 3.8) is 0 Å². The van der Waals surface area contributed by atoms with Gasteiger partial charge in [-0.25, -0.2) is 16.8 Å². The van der Waals surface area contributed by atoms with Crippen LogP contribution >= 0.6 is 0 Å². The van der Waals surface area contributed by atoms with Gasteiger partial charge in [-0.15, -0.1) is 0 Å². The van der Waals surface area contributed by atoms with Crippen LogP contribution in [0.15, 0.2) is 24.3 Å². The molecule has 0 spiro atoms. The number of hydrogen-bond acceptors (Lipinski definition) is 11. The Morgan fingerprint density at radius 3 is 1.64 bits per heavy atom. The number of esters is 1. The summed E-state index contributed by atoms with van der Waals surface area (Å²) in [6.45, 7) is 14.1. The molecule has 24 heteroatoms. The van der Waals surface area contributed by atoms with Gasteiger partial charge in [-0.05, 0) is 113 Å². The zero-order chi connectivity index (χ0) is 46.0. The number of ether oxygens (including phenoxy) is 1. The van der Waals surface area contributed by atoms with Crippen LogP contribution in [0, 0.1) is 40.4 Å². The molecule has 0 amide bonds. The first-order chi connectivity index (χ1) is 26.7. The van der Waals surface area contributed by atoms with Gasteiger partial charge in [0.25, 0.3) is 0 Å². The van der Waals surface area contributed by atoms with E-state index >= 15 is 0 Å². The smallest absolute Gasteiger partial charge is 0.458 e. The number of Topliss-reactive ketones (excluding diaryl/α,β-unsaturated/α-hetero) is 1. The normalized spacial score (nSPS) is 24.2. The van der Waals surface area contributed by atoms with Crippen LogP contribution in [-0.4, -0.2) is 71.3 Å². The second kappa shape index (κ2) is 18.2. The average Bonchev–Trinajstić information content (AvgIpc) is 3.13. The molecule has 1 unspecified atom stereocenters. The van der Waals surface area contributed by atoms with Crippen LogP contribution in [0.25, 0.3) is 4.13 Å². The van der Waals surface area contributed by atoms with E-state index in [2.05, 4.69) is 24.7 Å². The first-order valence-electron chi connectivity index (χ1n) is 18.3. The molecule has 0 aromatic heterocycles. The summed E-state index contributed by atoms with van der Waals surface area (Å²) >= 11 is 0. The quantitative estimate of drug-likeness (QED) is 0.0725. The molecule has 59 heavy (non-hydrogen) atoms. The Labute approximate surface area is 338 Å². The number of carbonyl (C=O) groups is 2. The molecule has 12 nitrogen and oxygen atoms in total. The number of rotatable bonds is 16. The Balaban J connectivity index is 0.000000453. The van der Waals surface area contributed by atoms with E-state index in [9.17, 15) is 74.4 Å². The van der Waals surface area contributed by atoms with E-state index in [0.717, 1.165) is 36.8 Å². The van der Waals surface area contributed by atoms with E-state index in [4.69, 9.17) is 10.1 Å². The highest BCUT2D eigenvalue weighted by Gasteiger charge is 2.81. The lowest BCUT2D eigenvalue weighted by atomic mass is 9.49. The van der Waals surface area contributed by atoms with Crippen LogP contribution in [0.2, 0.25) is 0 Å². The molecule has 1 N–H and O–H groups in total. The number of halogens is 9. The number of sulfonamides is 2. The lowest BCUT2D eigenvalue weighted by molar-refractivity contribution is -0.245. The van der Waals surface area contributed by atoms with E-state index < -0.39 is 63.8 Å². The van der Waals surface area contributed by atoms with Gasteiger partial charge >= 0.3 is 38.0 Å². The first-order valence-corrected chi connectivity index (χ1v) is 22.5. The molecule has 340 valence electrons. The summed E-state index contributed by atoms with van der Waals surface area (Å²) < 4.78 is 198. The Morgan fingerprint density at radius 2 is 1.25 bits per heavy atom. The number of ketones is 1. The summed E-state index contributed by atoms with van der Waals surface area (Å²) in [5, 5.41) is -9.20. The number of benzene rings is 1. The third-order valence-corrected chi connectivity index (χ3v) is 15.7. The predicted molar refractivity (Wildman–Crippen MR) is 196 cm³/mol. The van der Waals surface area contributed by atoms with E-state index in [1.807, 2.05) is 13.8 Å². The molecular formula is C35H48F9N2O10S3-. The van der Waals surface area contributed by atoms with Crippen molar-refractivity contribution in [2.75, 3.05) is 0 Å². The molecule has 0 radical (unpaired) electrons. The van der Waals surface area contributed by atoms with Crippen molar-refractivity contribution in [3.8, 4) is 5.75 Å². The number of carbonyl (C=O) groups excluding carboxylic acids is 2. The molecule has 1 aromatic rings. The highest BCUT2D eigenvalue weighted by atomic mass is 32.3. The molecule has 5 rings (SSSR count). The summed E-state index contributed by atoms with van der Waals surface area (Å²) in [5.41, 5.74) is -7.03. The van der Waals surface area contributed by atoms with Crippen molar-refractivity contribution >= 4 is 48.6 Å². The lowest BCUT2D eigenvalue weighted by Gasteiger charge is -2.60. The van der Waals surface area contributed by atoms with Gasteiger partial charge < -0.3 is 18.5 Å². The molecule has 0 saturated heterocycles. The highest BCUT2D eigenvalue weighted by molar-refractivity contribution is 8.13. The largest absolute Gasteiger partial charge is 0.480 e. The Bertz CT molecular complexity index is 1970. The van der Waals surface area contributed by atoms with Crippen molar-refractivity contribution in [3.05, 3.63) is 34.0 Å². The molecule has 4 aliphatic carbocycles. The third-order valence-electron chi connectivity index (χ3n) is 11.3. The third kappa shape index (κ3) is 10.4. The van der Waals surface area contributed by atoms with E-state index in [0.29, 0.717) is 34.5 Å². The number of hydrogen-bond donors (Lipinski definition) is 1. The number of alkyl halides is 9. The average molecular weight is 924 g/mol. The Kier molecular flexibility index (Phi) is 16.0. The van der Waals surface area contributed by atoms with Gasteiger partial charge in [-0.2, -0.15) is 47.9 Å². The molecule has 4 saturated carbocycles. The second-order valence-corrected chi connectivity index (χ2v) is 20.5. The zero-order valence-electron chi connectivity index (χ0n) is 32.9. The molecular weight excluding hydrogens is 876 g/mol. The van der Waals surface area contributed by atoms with Gasteiger partial charge in [0.2, 0.25) is 0 Å². The van der Waals surface area contributed by atoms with Gasteiger partial charge in [0.1, 0.15) is 17.1 Å². The highest BCUT2D eigenvalue weighted by Crippen LogP contribution is 2.61.